The van der Waals surface area contributed by atoms with Crippen LogP contribution in [0.1, 0.15) is 20.3 Å². The highest BCUT2D eigenvalue weighted by atomic mass is 35.5. The van der Waals surface area contributed by atoms with Gasteiger partial charge in [-0.1, -0.05) is 23.8 Å². The van der Waals surface area contributed by atoms with E-state index in [-0.39, 0.29) is 6.54 Å². The quantitative estimate of drug-likeness (QED) is 0.397. The van der Waals surface area contributed by atoms with Gasteiger partial charge in [-0.05, 0) is 20.3 Å². The zero-order chi connectivity index (χ0) is 19.6. The predicted molar refractivity (Wildman–Crippen MR) is 108 cm³/mol. The van der Waals surface area contributed by atoms with Crippen LogP contribution in [0.25, 0.3) is 0 Å². The van der Waals surface area contributed by atoms with Crippen molar-refractivity contribution in [1.82, 2.24) is 25.1 Å². The molecule has 0 fully saturated rings. The second-order valence-corrected chi connectivity index (χ2v) is 6.43. The number of nitrogens with zero attached hydrogens (tertiary/aromatic N) is 4. The van der Waals surface area contributed by atoms with Crippen LogP contribution < -0.4 is 16.0 Å². The summed E-state index contributed by atoms with van der Waals surface area (Å²) in [7, 11) is 0. The van der Waals surface area contributed by atoms with E-state index in [1.807, 2.05) is 13.0 Å². The Hall–Kier alpha value is -2.61. The molecule has 2 heterocycles. The van der Waals surface area contributed by atoms with E-state index in [0.29, 0.717) is 29.0 Å². The van der Waals surface area contributed by atoms with Crippen LogP contribution >= 0.6 is 11.6 Å². The average molecular weight is 394 g/mol. The highest BCUT2D eigenvalue weighted by Gasteiger charge is 2.07. The van der Waals surface area contributed by atoms with Crippen molar-refractivity contribution in [3.05, 3.63) is 48.0 Å². The third kappa shape index (κ3) is 7.26. The van der Waals surface area contributed by atoms with E-state index >= 15 is 0 Å². The molecule has 2 rings (SSSR count). The highest BCUT2D eigenvalue weighted by molar-refractivity contribution is 6.32. The fourth-order valence-corrected chi connectivity index (χ4v) is 2.41. The first-order chi connectivity index (χ1) is 13.0. The van der Waals surface area contributed by atoms with Crippen LogP contribution in [0.2, 0.25) is 5.02 Å². The molecule has 0 bridgehead atoms. The summed E-state index contributed by atoms with van der Waals surface area (Å²) in [5, 5.41) is 14.0. The van der Waals surface area contributed by atoms with Gasteiger partial charge in [0, 0.05) is 25.0 Å². The van der Waals surface area contributed by atoms with Crippen molar-refractivity contribution >= 4 is 29.1 Å². The molecule has 0 aliphatic heterocycles. The zero-order valence-electron chi connectivity index (χ0n) is 15.5. The minimum atomic E-state index is -0.968. The van der Waals surface area contributed by atoms with Crippen molar-refractivity contribution in [2.45, 2.75) is 33.0 Å². The molecule has 9 heteroatoms. The topological polar surface area (TPSA) is 79.7 Å². The molecule has 1 unspecified atom stereocenters. The number of nitrogens with one attached hydrogen (secondary N) is 3. The van der Waals surface area contributed by atoms with Gasteiger partial charge in [-0.3, -0.25) is 4.68 Å². The molecule has 0 spiro atoms. The van der Waals surface area contributed by atoms with E-state index in [1.54, 1.807) is 12.4 Å². The maximum atomic E-state index is 13.0. The van der Waals surface area contributed by atoms with Crippen molar-refractivity contribution in [2.24, 2.45) is 0 Å². The Morgan fingerprint density at radius 1 is 1.44 bits per heavy atom. The first-order valence-electron chi connectivity index (χ1n) is 8.69. The molecule has 0 saturated carbocycles. The normalized spacial score (nSPS) is 12.5. The second-order valence-electron chi connectivity index (χ2n) is 6.02. The van der Waals surface area contributed by atoms with E-state index in [2.05, 4.69) is 43.7 Å². The number of alkyl halides is 1. The van der Waals surface area contributed by atoms with Gasteiger partial charge in [0.05, 0.1) is 24.6 Å². The van der Waals surface area contributed by atoms with Crippen LogP contribution in [0, 0.1) is 0 Å². The molecule has 2 aromatic heterocycles. The molecule has 27 heavy (non-hydrogen) atoms. The summed E-state index contributed by atoms with van der Waals surface area (Å²) in [6.45, 7) is 8.78. The van der Waals surface area contributed by atoms with Gasteiger partial charge in [0.2, 0.25) is 5.95 Å². The SMILES string of the molecule is C=CCN/C(C)=C/CCNc1nc(Nc2cnn(CC(C)F)c2)ncc1Cl. The van der Waals surface area contributed by atoms with Gasteiger partial charge in [-0.25, -0.2) is 9.37 Å². The van der Waals surface area contributed by atoms with Crippen LogP contribution in [-0.2, 0) is 6.54 Å². The lowest BCUT2D eigenvalue weighted by Crippen LogP contribution is -2.11. The Morgan fingerprint density at radius 3 is 3.00 bits per heavy atom. The number of hydrogen-bond donors (Lipinski definition) is 3. The van der Waals surface area contributed by atoms with Gasteiger partial charge < -0.3 is 16.0 Å². The fourth-order valence-electron chi connectivity index (χ4n) is 2.25. The van der Waals surface area contributed by atoms with Gasteiger partial charge in [-0.2, -0.15) is 10.1 Å². The van der Waals surface area contributed by atoms with Gasteiger partial charge in [0.25, 0.3) is 0 Å². The summed E-state index contributed by atoms with van der Waals surface area (Å²) in [6.07, 6.45) is 8.57. The van der Waals surface area contributed by atoms with Crippen LogP contribution in [0.5, 0.6) is 0 Å². The Labute approximate surface area is 163 Å². The summed E-state index contributed by atoms with van der Waals surface area (Å²) in [6, 6.07) is 0. The van der Waals surface area contributed by atoms with Crippen LogP contribution in [0.15, 0.2) is 43.0 Å². The van der Waals surface area contributed by atoms with Gasteiger partial charge in [0.1, 0.15) is 11.2 Å². The molecule has 146 valence electrons. The monoisotopic (exact) mass is 393 g/mol. The first kappa shape index (κ1) is 20.7. The van der Waals surface area contributed by atoms with E-state index < -0.39 is 6.17 Å². The van der Waals surface area contributed by atoms with Crippen LogP contribution in [0.3, 0.4) is 0 Å². The first-order valence-corrected chi connectivity index (χ1v) is 9.07. The molecule has 0 amide bonds. The van der Waals surface area contributed by atoms with Gasteiger partial charge >= 0.3 is 0 Å². The molecule has 0 aromatic carbocycles. The standard InChI is InChI=1S/C18H25ClFN7/c1-4-7-21-14(3)6-5-8-22-17-16(19)10-23-18(26-17)25-15-9-24-27(12-15)11-13(2)20/h4,6,9-10,12-13,21H,1,5,7-8,11H2,2-3H3,(H2,22,23,25,26)/b14-6+. The van der Waals surface area contributed by atoms with Gasteiger partial charge in [0.15, 0.2) is 5.82 Å². The number of anilines is 3. The molecule has 0 aliphatic carbocycles. The third-order valence-electron chi connectivity index (χ3n) is 3.48. The Bertz CT molecular complexity index is 773. The van der Waals surface area contributed by atoms with E-state index in [0.717, 1.165) is 18.7 Å². The summed E-state index contributed by atoms with van der Waals surface area (Å²) in [5.41, 5.74) is 1.77. The van der Waals surface area contributed by atoms with Crippen molar-refractivity contribution < 1.29 is 4.39 Å². The number of halogens is 2. The lowest BCUT2D eigenvalue weighted by Gasteiger charge is -2.09. The van der Waals surface area contributed by atoms with E-state index in [9.17, 15) is 4.39 Å². The molecule has 2 aromatic rings. The maximum Gasteiger partial charge on any atom is 0.229 e. The molecular formula is C18H25ClFN7. The predicted octanol–water partition coefficient (Wildman–Crippen LogP) is 3.91. The summed E-state index contributed by atoms with van der Waals surface area (Å²) < 4.78 is 14.6. The molecule has 7 nitrogen and oxygen atoms in total. The minimum absolute atomic E-state index is 0.199. The van der Waals surface area contributed by atoms with Crippen molar-refractivity contribution in [3.63, 3.8) is 0 Å². The van der Waals surface area contributed by atoms with Crippen LogP contribution in [-0.4, -0.2) is 39.0 Å². The highest BCUT2D eigenvalue weighted by Crippen LogP contribution is 2.21. The summed E-state index contributed by atoms with van der Waals surface area (Å²) >= 11 is 6.16. The van der Waals surface area contributed by atoms with Crippen molar-refractivity contribution in [2.75, 3.05) is 23.7 Å². The minimum Gasteiger partial charge on any atom is -0.385 e. The number of aromatic nitrogens is 4. The Kier molecular flexibility index (Phi) is 8.06. The molecule has 0 saturated heterocycles. The average Bonchev–Trinajstić information content (AvgIpc) is 3.05. The smallest absolute Gasteiger partial charge is 0.229 e. The molecule has 3 N–H and O–H groups in total. The van der Waals surface area contributed by atoms with E-state index in [4.69, 9.17) is 11.6 Å². The number of allylic oxidation sites excluding steroid dienone is 1. The van der Waals surface area contributed by atoms with Crippen molar-refractivity contribution in [1.29, 1.82) is 0 Å². The van der Waals surface area contributed by atoms with Crippen molar-refractivity contribution in [3.8, 4) is 0 Å². The molecule has 0 radical (unpaired) electrons. The Morgan fingerprint density at radius 2 is 2.26 bits per heavy atom. The largest absolute Gasteiger partial charge is 0.385 e. The number of rotatable bonds is 11. The molecule has 1 atom stereocenters. The van der Waals surface area contributed by atoms with Gasteiger partial charge in [-0.15, -0.1) is 6.58 Å². The van der Waals surface area contributed by atoms with Crippen LogP contribution in [0.4, 0.5) is 21.8 Å². The second kappa shape index (κ2) is 10.5. The Balaban J connectivity index is 1.91. The lowest BCUT2D eigenvalue weighted by molar-refractivity contribution is 0.309. The zero-order valence-corrected chi connectivity index (χ0v) is 16.3. The lowest BCUT2D eigenvalue weighted by atomic mass is 10.3. The molecular weight excluding hydrogens is 369 g/mol. The maximum absolute atomic E-state index is 13.0. The summed E-state index contributed by atoms with van der Waals surface area (Å²) in [4.78, 5) is 8.54. The fraction of sp³-hybridized carbons (Fsp3) is 0.389. The number of hydrogen-bond acceptors (Lipinski definition) is 6. The molecule has 0 aliphatic rings. The third-order valence-corrected chi connectivity index (χ3v) is 3.76. The summed E-state index contributed by atoms with van der Waals surface area (Å²) in [5.74, 6) is 0.929. The van der Waals surface area contributed by atoms with E-state index in [1.165, 1.54) is 17.8 Å².